The Kier molecular flexibility index (Phi) is 6.58. The highest BCUT2D eigenvalue weighted by atomic mass is 16.5. The monoisotopic (exact) mass is 374 g/mol. The van der Waals surface area contributed by atoms with E-state index in [1.54, 1.807) is 0 Å². The Morgan fingerprint density at radius 1 is 1.19 bits per heavy atom. The summed E-state index contributed by atoms with van der Waals surface area (Å²) in [6.45, 7) is 7.00. The smallest absolute Gasteiger partial charge is 0.225 e. The zero-order chi connectivity index (χ0) is 19.2. The summed E-state index contributed by atoms with van der Waals surface area (Å²) in [5, 5.41) is 2.98. The molecule has 0 unspecified atom stereocenters. The second-order valence-electron chi connectivity index (χ2n) is 7.33. The number of nitrogens with one attached hydrogen (secondary N) is 1. The summed E-state index contributed by atoms with van der Waals surface area (Å²) in [4.78, 5) is 26.3. The number of carbonyl (C=O) groups is 2. The number of carbonyl (C=O) groups excluding carboxylic acids is 2. The van der Waals surface area contributed by atoms with Crippen LogP contribution in [-0.2, 0) is 16.0 Å². The summed E-state index contributed by atoms with van der Waals surface area (Å²) >= 11 is 0. The van der Waals surface area contributed by atoms with Gasteiger partial charge in [0.25, 0.3) is 0 Å². The molecule has 6 heteroatoms. The maximum atomic E-state index is 12.4. The van der Waals surface area contributed by atoms with Gasteiger partial charge < -0.3 is 19.7 Å². The molecule has 1 saturated carbocycles. The normalized spacial score (nSPS) is 19.3. The van der Waals surface area contributed by atoms with Crippen LogP contribution in [0.25, 0.3) is 0 Å². The lowest BCUT2D eigenvalue weighted by Crippen LogP contribution is -2.34. The van der Waals surface area contributed by atoms with Crippen LogP contribution in [0.2, 0.25) is 0 Å². The van der Waals surface area contributed by atoms with Gasteiger partial charge in [-0.05, 0) is 56.7 Å². The summed E-state index contributed by atoms with van der Waals surface area (Å²) in [6, 6.07) is 5.88. The van der Waals surface area contributed by atoms with E-state index in [1.807, 2.05) is 36.9 Å². The molecule has 1 aromatic rings. The second kappa shape index (κ2) is 9.11. The summed E-state index contributed by atoms with van der Waals surface area (Å²) in [6.07, 6.45) is 3.49. The lowest BCUT2D eigenvalue weighted by molar-refractivity contribution is -0.129. The van der Waals surface area contributed by atoms with E-state index in [-0.39, 0.29) is 17.7 Å². The second-order valence-corrected chi connectivity index (χ2v) is 7.33. The first-order valence-corrected chi connectivity index (χ1v) is 10.0. The number of likely N-dealkylation sites (tertiary alicyclic amines) is 1. The first kappa shape index (κ1) is 19.5. The van der Waals surface area contributed by atoms with Gasteiger partial charge in [0, 0.05) is 26.1 Å². The minimum atomic E-state index is -0.212. The Bertz CT molecular complexity index is 672. The summed E-state index contributed by atoms with van der Waals surface area (Å²) < 4.78 is 11.2. The van der Waals surface area contributed by atoms with Gasteiger partial charge in [-0.25, -0.2) is 0 Å². The zero-order valence-corrected chi connectivity index (χ0v) is 16.3. The number of rotatable bonds is 10. The SMILES string of the molecule is CCOc1ccc(CCNC(=O)[C@H]2CC(=O)N(CC3CC3)C2)cc1OCC. The Labute approximate surface area is 161 Å². The van der Waals surface area contributed by atoms with Crippen LogP contribution in [0.15, 0.2) is 18.2 Å². The predicted molar refractivity (Wildman–Crippen MR) is 103 cm³/mol. The Balaban J connectivity index is 1.46. The van der Waals surface area contributed by atoms with E-state index in [9.17, 15) is 9.59 Å². The molecule has 148 valence electrons. The lowest BCUT2D eigenvalue weighted by atomic mass is 10.1. The van der Waals surface area contributed by atoms with Crippen LogP contribution in [-0.4, -0.2) is 49.6 Å². The molecule has 2 amide bonds. The van der Waals surface area contributed by atoms with Crippen LogP contribution < -0.4 is 14.8 Å². The predicted octanol–water partition coefficient (Wildman–Crippen LogP) is 2.40. The van der Waals surface area contributed by atoms with Gasteiger partial charge in [0.2, 0.25) is 11.8 Å². The molecule has 1 aliphatic heterocycles. The molecule has 27 heavy (non-hydrogen) atoms. The number of hydrogen-bond donors (Lipinski definition) is 1. The van der Waals surface area contributed by atoms with E-state index in [2.05, 4.69) is 5.32 Å². The van der Waals surface area contributed by atoms with Gasteiger partial charge in [-0.2, -0.15) is 0 Å². The molecule has 1 aromatic carbocycles. The van der Waals surface area contributed by atoms with Crippen LogP contribution in [0, 0.1) is 11.8 Å². The average Bonchev–Trinajstić information content (AvgIpc) is 3.39. The van der Waals surface area contributed by atoms with Gasteiger partial charge in [-0.3, -0.25) is 9.59 Å². The first-order valence-electron chi connectivity index (χ1n) is 10.0. The molecule has 1 saturated heterocycles. The summed E-state index contributed by atoms with van der Waals surface area (Å²) in [5.41, 5.74) is 1.08. The molecule has 0 radical (unpaired) electrons. The standard InChI is InChI=1S/C21H30N2O4/c1-3-26-18-8-7-15(11-19(18)27-4-2)9-10-22-21(25)17-12-20(24)23(14-17)13-16-5-6-16/h7-8,11,16-17H,3-6,9-10,12-14H2,1-2H3,(H,22,25)/t17-/m0/s1. The van der Waals surface area contributed by atoms with E-state index in [0.29, 0.717) is 45.1 Å². The molecular formula is C21H30N2O4. The molecular weight excluding hydrogens is 344 g/mol. The molecule has 1 heterocycles. The third-order valence-electron chi connectivity index (χ3n) is 5.08. The number of amides is 2. The fourth-order valence-corrected chi connectivity index (χ4v) is 3.46. The van der Waals surface area contributed by atoms with Crippen molar-refractivity contribution in [3.05, 3.63) is 23.8 Å². The third-order valence-corrected chi connectivity index (χ3v) is 5.08. The Morgan fingerprint density at radius 3 is 2.63 bits per heavy atom. The van der Waals surface area contributed by atoms with E-state index in [1.165, 1.54) is 12.8 Å². The molecule has 2 fully saturated rings. The van der Waals surface area contributed by atoms with Crippen molar-refractivity contribution in [2.75, 3.05) is 32.8 Å². The van der Waals surface area contributed by atoms with Crippen LogP contribution >= 0.6 is 0 Å². The summed E-state index contributed by atoms with van der Waals surface area (Å²) in [5.74, 6) is 2.03. The first-order chi connectivity index (χ1) is 13.1. The number of hydrogen-bond acceptors (Lipinski definition) is 4. The lowest BCUT2D eigenvalue weighted by Gasteiger charge is -2.16. The van der Waals surface area contributed by atoms with Crippen molar-refractivity contribution in [2.45, 2.75) is 39.5 Å². The Morgan fingerprint density at radius 2 is 1.93 bits per heavy atom. The molecule has 1 aliphatic carbocycles. The van der Waals surface area contributed by atoms with Crippen LogP contribution in [0.4, 0.5) is 0 Å². The molecule has 2 aliphatic rings. The van der Waals surface area contributed by atoms with Crippen LogP contribution in [0.5, 0.6) is 11.5 Å². The van der Waals surface area contributed by atoms with Crippen molar-refractivity contribution in [2.24, 2.45) is 11.8 Å². The quantitative estimate of drug-likeness (QED) is 0.683. The molecule has 3 rings (SSSR count). The molecule has 0 aromatic heterocycles. The van der Waals surface area contributed by atoms with Crippen molar-refractivity contribution in [3.8, 4) is 11.5 Å². The average molecular weight is 374 g/mol. The Hall–Kier alpha value is -2.24. The number of nitrogens with zero attached hydrogens (tertiary/aromatic N) is 1. The van der Waals surface area contributed by atoms with Gasteiger partial charge in [0.05, 0.1) is 19.1 Å². The van der Waals surface area contributed by atoms with Gasteiger partial charge in [0.15, 0.2) is 11.5 Å². The van der Waals surface area contributed by atoms with Crippen molar-refractivity contribution in [1.29, 1.82) is 0 Å². The number of ether oxygens (including phenoxy) is 2. The van der Waals surface area contributed by atoms with Gasteiger partial charge >= 0.3 is 0 Å². The van der Waals surface area contributed by atoms with Gasteiger partial charge in [-0.1, -0.05) is 6.07 Å². The minimum Gasteiger partial charge on any atom is -0.490 e. The molecule has 6 nitrogen and oxygen atoms in total. The molecule has 1 N–H and O–H groups in total. The topological polar surface area (TPSA) is 67.9 Å². The fraction of sp³-hybridized carbons (Fsp3) is 0.619. The maximum absolute atomic E-state index is 12.4. The number of benzene rings is 1. The molecule has 0 spiro atoms. The maximum Gasteiger partial charge on any atom is 0.225 e. The third kappa shape index (κ3) is 5.37. The van der Waals surface area contributed by atoms with Gasteiger partial charge in [-0.15, -0.1) is 0 Å². The van der Waals surface area contributed by atoms with Crippen molar-refractivity contribution in [1.82, 2.24) is 10.2 Å². The molecule has 0 bridgehead atoms. The van der Waals surface area contributed by atoms with Crippen LogP contribution in [0.3, 0.4) is 0 Å². The fourth-order valence-electron chi connectivity index (χ4n) is 3.46. The minimum absolute atomic E-state index is 0.0161. The van der Waals surface area contributed by atoms with Crippen molar-refractivity contribution >= 4 is 11.8 Å². The summed E-state index contributed by atoms with van der Waals surface area (Å²) in [7, 11) is 0. The van der Waals surface area contributed by atoms with E-state index in [0.717, 1.165) is 23.6 Å². The highest BCUT2D eigenvalue weighted by Crippen LogP contribution is 2.32. The largest absolute Gasteiger partial charge is 0.490 e. The van der Waals surface area contributed by atoms with E-state index >= 15 is 0 Å². The highest BCUT2D eigenvalue weighted by molar-refractivity contribution is 5.89. The van der Waals surface area contributed by atoms with Crippen molar-refractivity contribution in [3.63, 3.8) is 0 Å². The zero-order valence-electron chi connectivity index (χ0n) is 16.3. The van der Waals surface area contributed by atoms with E-state index < -0.39 is 0 Å². The van der Waals surface area contributed by atoms with Crippen LogP contribution in [0.1, 0.15) is 38.7 Å². The molecule has 1 atom stereocenters. The van der Waals surface area contributed by atoms with E-state index in [4.69, 9.17) is 9.47 Å². The van der Waals surface area contributed by atoms with Gasteiger partial charge in [0.1, 0.15) is 0 Å². The van der Waals surface area contributed by atoms with Crippen molar-refractivity contribution < 1.29 is 19.1 Å². The highest BCUT2D eigenvalue weighted by Gasteiger charge is 2.36.